The Bertz CT molecular complexity index is 700. The highest BCUT2D eigenvalue weighted by molar-refractivity contribution is 5.93. The topological polar surface area (TPSA) is 68.5 Å². The molecule has 0 atom stereocenters. The molecule has 1 heterocycles. The van der Waals surface area contributed by atoms with Crippen LogP contribution in [0.15, 0.2) is 29.1 Å². The third kappa shape index (κ3) is 1.97. The van der Waals surface area contributed by atoms with E-state index in [1.54, 1.807) is 24.3 Å². The molecule has 1 saturated carbocycles. The van der Waals surface area contributed by atoms with E-state index in [1.807, 2.05) is 0 Å². The highest BCUT2D eigenvalue weighted by Gasteiger charge is 2.23. The molecule has 0 radical (unpaired) electrons. The summed E-state index contributed by atoms with van der Waals surface area (Å²) in [5.41, 5.74) is -0.419. The minimum atomic E-state index is -0.619. The maximum Gasteiger partial charge on any atom is 0.297 e. The van der Waals surface area contributed by atoms with Gasteiger partial charge in [0, 0.05) is 5.39 Å². The van der Waals surface area contributed by atoms with Crippen molar-refractivity contribution in [3.63, 3.8) is 0 Å². The van der Waals surface area contributed by atoms with Crippen molar-refractivity contribution in [3.05, 3.63) is 40.2 Å². The number of fused-ring (bicyclic) bond motifs is 1. The van der Waals surface area contributed by atoms with Crippen molar-refractivity contribution < 1.29 is 14.7 Å². The average Bonchev–Trinajstić information content (AvgIpc) is 3.23. The van der Waals surface area contributed by atoms with Gasteiger partial charge in [-0.15, -0.1) is 4.73 Å². The Morgan fingerprint density at radius 3 is 2.79 bits per heavy atom. The Hall–Kier alpha value is -2.30. The monoisotopic (exact) mass is 259 g/mol. The van der Waals surface area contributed by atoms with Gasteiger partial charge in [0.15, 0.2) is 6.29 Å². The molecule has 1 aromatic heterocycles. The molecule has 0 unspecified atom stereocenters. The number of hydrogen-bond donors (Lipinski definition) is 1. The van der Waals surface area contributed by atoms with Gasteiger partial charge in [-0.25, -0.2) is 0 Å². The summed E-state index contributed by atoms with van der Waals surface area (Å²) in [6, 6.07) is 6.80. The lowest BCUT2D eigenvalue weighted by atomic mass is 10.1. The fourth-order valence-corrected chi connectivity index (χ4v) is 2.02. The number of hydrogen-bond acceptors (Lipinski definition) is 4. The van der Waals surface area contributed by atoms with Crippen LogP contribution in [0, 0.1) is 5.92 Å². The molecule has 19 heavy (non-hydrogen) atoms. The first-order valence-corrected chi connectivity index (χ1v) is 6.17. The van der Waals surface area contributed by atoms with Gasteiger partial charge >= 0.3 is 0 Å². The zero-order chi connectivity index (χ0) is 13.4. The van der Waals surface area contributed by atoms with Crippen LogP contribution in [0.3, 0.4) is 0 Å². The van der Waals surface area contributed by atoms with E-state index in [0.717, 1.165) is 17.6 Å². The molecule has 0 saturated heterocycles. The van der Waals surface area contributed by atoms with Gasteiger partial charge in [-0.05, 0) is 30.9 Å². The molecule has 0 bridgehead atoms. The van der Waals surface area contributed by atoms with Crippen LogP contribution in [0.4, 0.5) is 0 Å². The molecule has 1 fully saturated rings. The third-order valence-corrected chi connectivity index (χ3v) is 3.30. The van der Waals surface area contributed by atoms with Crippen LogP contribution in [0.2, 0.25) is 0 Å². The Morgan fingerprint density at radius 2 is 2.11 bits per heavy atom. The highest BCUT2D eigenvalue weighted by atomic mass is 16.7. The van der Waals surface area contributed by atoms with Crippen molar-refractivity contribution in [2.24, 2.45) is 5.92 Å². The van der Waals surface area contributed by atoms with Crippen molar-refractivity contribution in [2.75, 3.05) is 6.61 Å². The van der Waals surface area contributed by atoms with Gasteiger partial charge in [0.1, 0.15) is 17.9 Å². The molecule has 1 N–H and O–H groups in total. The summed E-state index contributed by atoms with van der Waals surface area (Å²) in [6.45, 7) is 0.451. The average molecular weight is 259 g/mol. The number of aldehydes is 1. The van der Waals surface area contributed by atoms with Gasteiger partial charge in [-0.1, -0.05) is 12.1 Å². The van der Waals surface area contributed by atoms with Gasteiger partial charge in [0.05, 0.1) is 5.52 Å². The molecule has 3 rings (SSSR count). The number of nitrogens with zero attached hydrogens (tertiary/aromatic N) is 1. The predicted molar refractivity (Wildman–Crippen MR) is 69.4 cm³/mol. The first kappa shape index (κ1) is 11.8. The van der Waals surface area contributed by atoms with Gasteiger partial charge in [0.25, 0.3) is 5.56 Å². The summed E-state index contributed by atoms with van der Waals surface area (Å²) in [6.07, 6.45) is 2.57. The third-order valence-electron chi connectivity index (χ3n) is 3.30. The minimum absolute atomic E-state index is 0.269. The maximum atomic E-state index is 12.1. The van der Waals surface area contributed by atoms with E-state index in [4.69, 9.17) is 4.84 Å². The fraction of sp³-hybridized carbons (Fsp3) is 0.286. The lowest BCUT2D eigenvalue weighted by molar-refractivity contribution is 0.0998. The number of carbonyl (C=O) groups excluding carboxylic acids is 1. The first-order chi connectivity index (χ1) is 9.22. The van der Waals surface area contributed by atoms with E-state index in [1.165, 1.54) is 0 Å². The molecule has 5 nitrogen and oxygen atoms in total. The standard InChI is InChI=1S/C14H13NO4/c16-7-11-13(17)10-3-1-2-4-12(10)15(14(11)18)19-8-9-5-6-9/h1-4,7,9,17H,5-6,8H2. The van der Waals surface area contributed by atoms with Crippen LogP contribution in [0.25, 0.3) is 10.9 Å². The van der Waals surface area contributed by atoms with E-state index in [0.29, 0.717) is 29.7 Å². The molecule has 5 heteroatoms. The summed E-state index contributed by atoms with van der Waals surface area (Å²) in [4.78, 5) is 28.6. The van der Waals surface area contributed by atoms with Crippen LogP contribution in [-0.2, 0) is 0 Å². The summed E-state index contributed by atoms with van der Waals surface area (Å²) in [7, 11) is 0. The largest absolute Gasteiger partial charge is 0.506 e. The molecular weight excluding hydrogens is 246 g/mol. The molecule has 0 spiro atoms. The van der Waals surface area contributed by atoms with Gasteiger partial charge in [-0.2, -0.15) is 0 Å². The van der Waals surface area contributed by atoms with Crippen LogP contribution in [0.5, 0.6) is 5.75 Å². The smallest absolute Gasteiger partial charge is 0.297 e. The molecule has 1 aromatic carbocycles. The quantitative estimate of drug-likeness (QED) is 0.842. The number of benzene rings is 1. The molecule has 0 aliphatic heterocycles. The Labute approximate surface area is 109 Å². The van der Waals surface area contributed by atoms with Crippen molar-refractivity contribution in [1.82, 2.24) is 4.73 Å². The van der Waals surface area contributed by atoms with E-state index >= 15 is 0 Å². The Balaban J connectivity index is 2.21. The highest BCUT2D eigenvalue weighted by Crippen LogP contribution is 2.29. The van der Waals surface area contributed by atoms with Crippen molar-refractivity contribution in [2.45, 2.75) is 12.8 Å². The summed E-state index contributed by atoms with van der Waals surface area (Å²) in [5, 5.41) is 10.4. The predicted octanol–water partition coefficient (Wildman–Crippen LogP) is 1.36. The number of para-hydroxylation sites is 1. The van der Waals surface area contributed by atoms with Crippen LogP contribution < -0.4 is 10.4 Å². The molecule has 2 aromatic rings. The Kier molecular flexibility index (Phi) is 2.74. The van der Waals surface area contributed by atoms with Crippen LogP contribution >= 0.6 is 0 Å². The normalized spacial score (nSPS) is 14.5. The number of carbonyl (C=O) groups is 1. The lowest BCUT2D eigenvalue weighted by Crippen LogP contribution is -2.30. The fourth-order valence-electron chi connectivity index (χ4n) is 2.02. The minimum Gasteiger partial charge on any atom is -0.506 e. The van der Waals surface area contributed by atoms with E-state index in [2.05, 4.69) is 0 Å². The lowest BCUT2D eigenvalue weighted by Gasteiger charge is -2.13. The molecule has 0 amide bonds. The SMILES string of the molecule is O=Cc1c(O)c2ccccc2n(OCC2CC2)c1=O. The summed E-state index contributed by atoms with van der Waals surface area (Å²) >= 11 is 0. The number of aromatic hydroxyl groups is 1. The first-order valence-electron chi connectivity index (χ1n) is 6.17. The molecule has 1 aliphatic rings. The van der Waals surface area contributed by atoms with Gasteiger partial charge in [-0.3, -0.25) is 9.59 Å². The second-order valence-corrected chi connectivity index (χ2v) is 4.74. The zero-order valence-corrected chi connectivity index (χ0v) is 10.2. The summed E-state index contributed by atoms with van der Waals surface area (Å²) in [5.74, 6) is 0.195. The maximum absolute atomic E-state index is 12.1. The van der Waals surface area contributed by atoms with Crippen LogP contribution in [0.1, 0.15) is 23.2 Å². The summed E-state index contributed by atoms with van der Waals surface area (Å²) < 4.78 is 1.11. The number of aromatic nitrogens is 1. The van der Waals surface area contributed by atoms with E-state index in [9.17, 15) is 14.7 Å². The van der Waals surface area contributed by atoms with Gasteiger partial charge < -0.3 is 9.94 Å². The van der Waals surface area contributed by atoms with E-state index in [-0.39, 0.29) is 11.3 Å². The Morgan fingerprint density at radius 1 is 1.37 bits per heavy atom. The number of pyridine rings is 1. The van der Waals surface area contributed by atoms with Crippen molar-refractivity contribution >= 4 is 17.2 Å². The van der Waals surface area contributed by atoms with Gasteiger partial charge in [0.2, 0.25) is 0 Å². The van der Waals surface area contributed by atoms with E-state index < -0.39 is 5.56 Å². The molecular formula is C14H13NO4. The second kappa shape index (κ2) is 4.42. The van der Waals surface area contributed by atoms with Crippen molar-refractivity contribution in [1.29, 1.82) is 0 Å². The van der Waals surface area contributed by atoms with Crippen molar-refractivity contribution in [3.8, 4) is 5.75 Å². The molecule has 98 valence electrons. The second-order valence-electron chi connectivity index (χ2n) is 4.74. The number of rotatable bonds is 4. The zero-order valence-electron chi connectivity index (χ0n) is 10.2. The molecule has 1 aliphatic carbocycles. The van der Waals surface area contributed by atoms with Crippen LogP contribution in [-0.4, -0.2) is 22.7 Å².